The Balaban J connectivity index is 1.28. The van der Waals surface area contributed by atoms with Crippen LogP contribution in [-0.4, -0.2) is 24.3 Å². The lowest BCUT2D eigenvalue weighted by molar-refractivity contribution is -0.272. The standard InChI is InChI=1S/C27H40O3/c1-16-7-12-27(29-15-16)17(2)24-23(30-27)14-22-20-6-5-18-13-19(28)8-10-25(18,3)21(20)9-11-26(22,24)4/h8,10,16-18,20-24H,5-7,9,11-15H2,1-4H3/t16-,17+,18+,20-,21+,22+,23+,24+,25+,26+,27-/m1/s1. The lowest BCUT2D eigenvalue weighted by atomic mass is 9.45. The van der Waals surface area contributed by atoms with E-state index in [1.165, 1.54) is 38.5 Å². The van der Waals surface area contributed by atoms with Gasteiger partial charge < -0.3 is 9.47 Å². The molecule has 0 N–H and O–H groups in total. The van der Waals surface area contributed by atoms with Gasteiger partial charge in [-0.25, -0.2) is 0 Å². The normalized spacial score (nSPS) is 59.5. The number of fused-ring (bicyclic) bond motifs is 7. The smallest absolute Gasteiger partial charge is 0.171 e. The molecule has 0 bridgehead atoms. The van der Waals surface area contributed by atoms with Crippen molar-refractivity contribution >= 4 is 5.78 Å². The van der Waals surface area contributed by atoms with E-state index in [1.807, 2.05) is 6.08 Å². The number of hydrogen-bond acceptors (Lipinski definition) is 3. The SMILES string of the molecule is C[C@@H]1CC[C@@]2(OC1)O[C@H]1C[C@H]3[C@@H]4CC[C@H]5CC(=O)C=C[C@]5(C)[C@H]4CC[C@]3(C)[C@H]1[C@@H]2C. The van der Waals surface area contributed by atoms with E-state index in [0.717, 1.165) is 37.2 Å². The first kappa shape index (κ1) is 20.0. The molecule has 1 spiro atoms. The number of ketones is 1. The number of rotatable bonds is 0. The molecule has 6 rings (SSSR count). The second-order valence-electron chi connectivity index (χ2n) is 12.5. The first-order valence-corrected chi connectivity index (χ1v) is 12.8. The van der Waals surface area contributed by atoms with Crippen LogP contribution < -0.4 is 0 Å². The second kappa shape index (κ2) is 6.44. The van der Waals surface area contributed by atoms with Crippen LogP contribution in [0.1, 0.15) is 79.1 Å². The van der Waals surface area contributed by atoms with Gasteiger partial charge >= 0.3 is 0 Å². The van der Waals surface area contributed by atoms with Gasteiger partial charge in [0.05, 0.1) is 12.7 Å². The van der Waals surface area contributed by atoms with Crippen molar-refractivity contribution < 1.29 is 14.3 Å². The summed E-state index contributed by atoms with van der Waals surface area (Å²) < 4.78 is 13.3. The van der Waals surface area contributed by atoms with Gasteiger partial charge in [-0.3, -0.25) is 4.79 Å². The molecule has 0 aromatic rings. The Hall–Kier alpha value is -0.670. The fraction of sp³-hybridized carbons (Fsp3) is 0.889. The monoisotopic (exact) mass is 412 g/mol. The summed E-state index contributed by atoms with van der Waals surface area (Å²) in [4.78, 5) is 12.1. The Kier molecular flexibility index (Phi) is 4.29. The Morgan fingerprint density at radius 3 is 2.63 bits per heavy atom. The highest BCUT2D eigenvalue weighted by molar-refractivity contribution is 5.91. The number of ether oxygens (including phenoxy) is 2. The predicted octanol–water partition coefficient (Wildman–Crippen LogP) is 5.78. The van der Waals surface area contributed by atoms with Crippen molar-refractivity contribution in [2.75, 3.05) is 6.61 Å². The highest BCUT2D eigenvalue weighted by Gasteiger charge is 2.68. The minimum absolute atomic E-state index is 0.228. The summed E-state index contributed by atoms with van der Waals surface area (Å²) in [6.45, 7) is 10.7. The first-order valence-electron chi connectivity index (χ1n) is 12.8. The van der Waals surface area contributed by atoms with E-state index in [1.54, 1.807) is 0 Å². The third kappa shape index (κ3) is 2.48. The number of carbonyl (C=O) groups excluding carboxylic acids is 1. The predicted molar refractivity (Wildman–Crippen MR) is 117 cm³/mol. The largest absolute Gasteiger partial charge is 0.349 e. The van der Waals surface area contributed by atoms with Crippen LogP contribution in [0.4, 0.5) is 0 Å². The maximum absolute atomic E-state index is 12.1. The number of carbonyl (C=O) groups is 1. The maximum Gasteiger partial charge on any atom is 0.171 e. The van der Waals surface area contributed by atoms with Crippen molar-refractivity contribution in [3.05, 3.63) is 12.2 Å². The molecule has 3 saturated carbocycles. The molecule has 6 aliphatic rings. The molecule has 3 nitrogen and oxygen atoms in total. The average molecular weight is 413 g/mol. The van der Waals surface area contributed by atoms with Gasteiger partial charge in [-0.1, -0.05) is 33.8 Å². The highest BCUT2D eigenvalue weighted by Crippen LogP contribution is 2.70. The Labute approximate surface area is 182 Å². The Bertz CT molecular complexity index is 764. The number of hydrogen-bond donors (Lipinski definition) is 0. The van der Waals surface area contributed by atoms with Crippen molar-refractivity contribution in [3.63, 3.8) is 0 Å². The maximum atomic E-state index is 12.1. The van der Waals surface area contributed by atoms with Crippen molar-refractivity contribution in [2.24, 2.45) is 52.3 Å². The van der Waals surface area contributed by atoms with Crippen LogP contribution >= 0.6 is 0 Å². The fourth-order valence-corrected chi connectivity index (χ4v) is 9.65. The van der Waals surface area contributed by atoms with Crippen LogP contribution in [-0.2, 0) is 14.3 Å². The quantitative estimate of drug-likeness (QED) is 0.506. The van der Waals surface area contributed by atoms with Crippen LogP contribution in [0.2, 0.25) is 0 Å². The van der Waals surface area contributed by atoms with Gasteiger partial charge in [-0.15, -0.1) is 0 Å². The Morgan fingerprint density at radius 1 is 1.03 bits per heavy atom. The zero-order chi connectivity index (χ0) is 20.9. The van der Waals surface area contributed by atoms with E-state index in [2.05, 4.69) is 33.8 Å². The van der Waals surface area contributed by atoms with Crippen LogP contribution in [0, 0.1) is 52.3 Å². The van der Waals surface area contributed by atoms with Crippen LogP contribution in [0.15, 0.2) is 12.2 Å². The lowest BCUT2D eigenvalue weighted by Crippen LogP contribution is -2.53. The molecule has 2 saturated heterocycles. The van der Waals surface area contributed by atoms with Crippen LogP contribution in [0.3, 0.4) is 0 Å². The summed E-state index contributed by atoms with van der Waals surface area (Å²) in [6, 6.07) is 0. The van der Waals surface area contributed by atoms with Gasteiger partial charge in [0.15, 0.2) is 11.6 Å². The van der Waals surface area contributed by atoms with E-state index in [0.29, 0.717) is 41.0 Å². The van der Waals surface area contributed by atoms with Crippen molar-refractivity contribution in [1.82, 2.24) is 0 Å². The fourth-order valence-electron chi connectivity index (χ4n) is 9.65. The van der Waals surface area contributed by atoms with Crippen LogP contribution in [0.25, 0.3) is 0 Å². The van der Waals surface area contributed by atoms with Gasteiger partial charge in [0, 0.05) is 18.8 Å². The zero-order valence-electron chi connectivity index (χ0n) is 19.4. The molecule has 0 aromatic heterocycles. The average Bonchev–Trinajstić information content (AvgIpc) is 3.16. The third-order valence-corrected chi connectivity index (χ3v) is 11.3. The topological polar surface area (TPSA) is 35.5 Å². The summed E-state index contributed by atoms with van der Waals surface area (Å²) >= 11 is 0. The second-order valence-corrected chi connectivity index (χ2v) is 12.5. The van der Waals surface area contributed by atoms with E-state index in [9.17, 15) is 4.79 Å². The molecule has 2 heterocycles. The molecule has 4 aliphatic carbocycles. The van der Waals surface area contributed by atoms with Crippen molar-refractivity contribution in [3.8, 4) is 0 Å². The molecule has 2 aliphatic heterocycles. The van der Waals surface area contributed by atoms with Crippen molar-refractivity contribution in [1.29, 1.82) is 0 Å². The first-order chi connectivity index (χ1) is 14.3. The van der Waals surface area contributed by atoms with Crippen LogP contribution in [0.5, 0.6) is 0 Å². The summed E-state index contributed by atoms with van der Waals surface area (Å²) in [7, 11) is 0. The van der Waals surface area contributed by atoms with E-state index >= 15 is 0 Å². The van der Waals surface area contributed by atoms with Gasteiger partial charge in [0.1, 0.15) is 0 Å². The van der Waals surface area contributed by atoms with E-state index in [4.69, 9.17) is 9.47 Å². The molecular formula is C27H40O3. The zero-order valence-corrected chi connectivity index (χ0v) is 19.4. The van der Waals surface area contributed by atoms with Gasteiger partial charge in [0.2, 0.25) is 0 Å². The summed E-state index contributed by atoms with van der Waals surface area (Å²) in [5.41, 5.74) is 0.616. The minimum atomic E-state index is -0.303. The highest BCUT2D eigenvalue weighted by atomic mass is 16.7. The molecule has 5 fully saturated rings. The Morgan fingerprint density at radius 2 is 1.87 bits per heavy atom. The molecule has 0 unspecified atom stereocenters. The van der Waals surface area contributed by atoms with E-state index in [-0.39, 0.29) is 11.2 Å². The lowest BCUT2D eigenvalue weighted by Gasteiger charge is -2.59. The molecule has 30 heavy (non-hydrogen) atoms. The summed E-state index contributed by atoms with van der Waals surface area (Å²) in [6.07, 6.45) is 14.1. The molecule has 0 aromatic carbocycles. The van der Waals surface area contributed by atoms with Crippen molar-refractivity contribution in [2.45, 2.75) is 91.0 Å². The molecule has 0 radical (unpaired) electrons. The van der Waals surface area contributed by atoms with Gasteiger partial charge in [-0.2, -0.15) is 0 Å². The minimum Gasteiger partial charge on any atom is -0.349 e. The van der Waals surface area contributed by atoms with Gasteiger partial charge in [-0.05, 0) is 90.9 Å². The molecular weight excluding hydrogens is 372 g/mol. The number of allylic oxidation sites excluding steroid dienone is 2. The molecule has 3 heteroatoms. The van der Waals surface area contributed by atoms with E-state index < -0.39 is 0 Å². The molecule has 0 amide bonds. The third-order valence-electron chi connectivity index (χ3n) is 11.3. The summed E-state index contributed by atoms with van der Waals surface area (Å²) in [5, 5.41) is 0. The summed E-state index contributed by atoms with van der Waals surface area (Å²) in [5.74, 6) is 4.74. The molecule has 166 valence electrons. The van der Waals surface area contributed by atoms with Gasteiger partial charge in [0.25, 0.3) is 0 Å². The molecule has 11 atom stereocenters.